The first kappa shape index (κ1) is 24.2. The number of nitro groups is 1. The Morgan fingerprint density at radius 3 is 2.58 bits per heavy atom. The third-order valence-electron chi connectivity index (χ3n) is 6.29. The van der Waals surface area contributed by atoms with Crippen LogP contribution in [0, 0.1) is 22.0 Å². The number of rotatable bonds is 6. The summed E-state index contributed by atoms with van der Waals surface area (Å²) < 4.78 is 10.4. The van der Waals surface area contributed by atoms with E-state index < -0.39 is 34.5 Å². The van der Waals surface area contributed by atoms with Gasteiger partial charge < -0.3 is 14.8 Å². The number of carbonyl (C=O) groups excluding carboxylic acids is 3. The molecular weight excluding hydrogens is 428 g/mol. The van der Waals surface area contributed by atoms with Crippen molar-refractivity contribution in [1.29, 1.82) is 0 Å². The lowest BCUT2D eigenvalue weighted by molar-refractivity contribution is -0.385. The Balaban J connectivity index is 2.25. The largest absolute Gasteiger partial charge is 0.468 e. The third kappa shape index (κ3) is 4.40. The van der Waals surface area contributed by atoms with Crippen molar-refractivity contribution in [3.63, 3.8) is 0 Å². The molecule has 1 aliphatic carbocycles. The van der Waals surface area contributed by atoms with Gasteiger partial charge in [0.1, 0.15) is 5.92 Å². The fourth-order valence-corrected chi connectivity index (χ4v) is 4.49. The van der Waals surface area contributed by atoms with E-state index in [9.17, 15) is 24.5 Å². The number of esters is 2. The van der Waals surface area contributed by atoms with Gasteiger partial charge in [0, 0.05) is 28.6 Å². The molecule has 0 radical (unpaired) electrons. The summed E-state index contributed by atoms with van der Waals surface area (Å²) in [6.07, 6.45) is 0.545. The quantitative estimate of drug-likeness (QED) is 0.298. The molecule has 4 atom stereocenters. The molecule has 1 aliphatic heterocycles. The van der Waals surface area contributed by atoms with E-state index >= 15 is 0 Å². The summed E-state index contributed by atoms with van der Waals surface area (Å²) >= 11 is 0. The molecule has 176 valence electrons. The Morgan fingerprint density at radius 1 is 1.30 bits per heavy atom. The van der Waals surface area contributed by atoms with E-state index in [1.165, 1.54) is 25.3 Å². The van der Waals surface area contributed by atoms with Crippen molar-refractivity contribution in [2.45, 2.75) is 52.6 Å². The van der Waals surface area contributed by atoms with Gasteiger partial charge in [-0.05, 0) is 32.6 Å². The van der Waals surface area contributed by atoms with Gasteiger partial charge in [-0.2, -0.15) is 0 Å². The lowest BCUT2D eigenvalue weighted by atomic mass is 9.69. The first-order valence-electron chi connectivity index (χ1n) is 10.9. The summed E-state index contributed by atoms with van der Waals surface area (Å²) in [5.74, 6) is -4.30. The molecule has 0 amide bonds. The van der Waals surface area contributed by atoms with Crippen molar-refractivity contribution in [1.82, 2.24) is 5.32 Å². The van der Waals surface area contributed by atoms with Gasteiger partial charge in [-0.1, -0.05) is 32.0 Å². The molecule has 0 saturated heterocycles. The summed E-state index contributed by atoms with van der Waals surface area (Å²) in [5.41, 5.74) is 1.27. The summed E-state index contributed by atoms with van der Waals surface area (Å²) in [4.78, 5) is 50.6. The first-order chi connectivity index (χ1) is 15.6. The Bertz CT molecular complexity index is 1070. The average Bonchev–Trinajstić information content (AvgIpc) is 2.77. The minimum atomic E-state index is -1.06. The minimum Gasteiger partial charge on any atom is -0.468 e. The number of nitrogens with one attached hydrogen (secondary N) is 1. The molecule has 0 spiro atoms. The molecular formula is C24H28N2O7. The number of ether oxygens (including phenoxy) is 2. The molecule has 1 aromatic carbocycles. The molecule has 3 rings (SSSR count). The van der Waals surface area contributed by atoms with Crippen LogP contribution in [0.15, 0.2) is 46.8 Å². The average molecular weight is 456 g/mol. The summed E-state index contributed by atoms with van der Waals surface area (Å²) in [6.45, 7) is 7.07. The molecule has 0 bridgehead atoms. The second kappa shape index (κ2) is 9.56. The van der Waals surface area contributed by atoms with E-state index in [2.05, 4.69) is 5.32 Å². The zero-order valence-electron chi connectivity index (χ0n) is 19.3. The van der Waals surface area contributed by atoms with Crippen LogP contribution >= 0.6 is 0 Å². The zero-order chi connectivity index (χ0) is 24.4. The molecule has 1 aromatic rings. The van der Waals surface area contributed by atoms with Gasteiger partial charge in [-0.25, -0.2) is 4.79 Å². The molecule has 0 unspecified atom stereocenters. The van der Waals surface area contributed by atoms with Crippen LogP contribution in [0.3, 0.4) is 0 Å². The van der Waals surface area contributed by atoms with Crippen molar-refractivity contribution in [2.24, 2.45) is 11.8 Å². The maximum absolute atomic E-state index is 13.6. The van der Waals surface area contributed by atoms with Crippen LogP contribution < -0.4 is 5.32 Å². The van der Waals surface area contributed by atoms with E-state index in [0.717, 1.165) is 0 Å². The first-order valence-corrected chi connectivity index (χ1v) is 10.9. The fraction of sp³-hybridized carbons (Fsp3) is 0.458. The molecule has 0 saturated carbocycles. The second-order valence-corrected chi connectivity index (χ2v) is 8.48. The summed E-state index contributed by atoms with van der Waals surface area (Å²) in [6, 6.07) is 6.00. The van der Waals surface area contributed by atoms with Crippen LogP contribution in [0.1, 0.15) is 52.0 Å². The second-order valence-electron chi connectivity index (χ2n) is 8.48. The maximum atomic E-state index is 13.6. The SMILES string of the molecule is CC[C@@H](C)OC(=O)C1=C(C)NC2=C(C(=O)[C@H](C(=O)OC)[C@H](C)C2)[C@@H]1c1ccccc1[N+](=O)[O-]. The number of benzene rings is 1. The summed E-state index contributed by atoms with van der Waals surface area (Å²) in [5, 5.41) is 15.0. The molecule has 1 N–H and O–H groups in total. The van der Waals surface area contributed by atoms with Crippen LogP contribution in [0.2, 0.25) is 0 Å². The predicted molar refractivity (Wildman–Crippen MR) is 119 cm³/mol. The Morgan fingerprint density at radius 2 is 1.97 bits per heavy atom. The van der Waals surface area contributed by atoms with E-state index in [0.29, 0.717) is 24.2 Å². The minimum absolute atomic E-state index is 0.120. The van der Waals surface area contributed by atoms with Gasteiger partial charge >= 0.3 is 11.9 Å². The number of dihydropyridines is 1. The van der Waals surface area contributed by atoms with E-state index in [4.69, 9.17) is 9.47 Å². The van der Waals surface area contributed by atoms with Gasteiger partial charge in [0.15, 0.2) is 5.78 Å². The maximum Gasteiger partial charge on any atom is 0.337 e. The number of allylic oxidation sites excluding steroid dienone is 3. The third-order valence-corrected chi connectivity index (χ3v) is 6.29. The molecule has 1 heterocycles. The predicted octanol–water partition coefficient (Wildman–Crippen LogP) is 3.55. The molecule has 9 heteroatoms. The normalized spacial score (nSPS) is 23.4. The van der Waals surface area contributed by atoms with Gasteiger partial charge in [0.2, 0.25) is 0 Å². The Hall–Kier alpha value is -3.49. The Labute approximate surface area is 192 Å². The number of para-hydroxylation sites is 1. The number of nitro benzene ring substituents is 1. The number of carbonyl (C=O) groups is 3. The highest BCUT2D eigenvalue weighted by Gasteiger charge is 2.48. The van der Waals surface area contributed by atoms with Gasteiger partial charge in [0.05, 0.1) is 29.6 Å². The highest BCUT2D eigenvalue weighted by Crippen LogP contribution is 2.47. The van der Waals surface area contributed by atoms with Gasteiger partial charge in [-0.3, -0.25) is 19.7 Å². The molecule has 2 aliphatic rings. The zero-order valence-corrected chi connectivity index (χ0v) is 19.3. The smallest absolute Gasteiger partial charge is 0.337 e. The monoisotopic (exact) mass is 456 g/mol. The van der Waals surface area contributed by atoms with Gasteiger partial charge in [-0.15, -0.1) is 0 Å². The highest BCUT2D eigenvalue weighted by atomic mass is 16.6. The fourth-order valence-electron chi connectivity index (χ4n) is 4.49. The van der Waals surface area contributed by atoms with E-state index in [-0.39, 0.29) is 34.4 Å². The standard InChI is InChI=1S/C24H28N2O7/c1-6-13(3)33-24(29)19-14(4)25-16-11-12(2)18(23(28)32-5)22(27)21(16)20(19)15-9-7-8-10-17(15)26(30)31/h7-10,12-13,18,20,25H,6,11H2,1-5H3/t12-,13-,18-,20-/m1/s1. The van der Waals surface area contributed by atoms with Crippen LogP contribution in [-0.2, 0) is 23.9 Å². The van der Waals surface area contributed by atoms with Crippen molar-refractivity contribution in [2.75, 3.05) is 7.11 Å². The molecule has 0 aromatic heterocycles. The van der Waals surface area contributed by atoms with Crippen molar-refractivity contribution in [3.8, 4) is 0 Å². The summed E-state index contributed by atoms with van der Waals surface area (Å²) in [7, 11) is 1.21. The number of Topliss-reactive ketones (excluding diaryl/α,β-unsaturated/α-hetero) is 1. The Kier molecular flexibility index (Phi) is 7.00. The lowest BCUT2D eigenvalue weighted by Gasteiger charge is -2.38. The topological polar surface area (TPSA) is 125 Å². The van der Waals surface area contributed by atoms with E-state index in [1.807, 2.05) is 6.92 Å². The lowest BCUT2D eigenvalue weighted by Crippen LogP contribution is -2.43. The van der Waals surface area contributed by atoms with Crippen molar-refractivity contribution in [3.05, 3.63) is 62.5 Å². The van der Waals surface area contributed by atoms with Gasteiger partial charge in [0.25, 0.3) is 5.69 Å². The number of hydrogen-bond donors (Lipinski definition) is 1. The van der Waals surface area contributed by atoms with Crippen molar-refractivity contribution >= 4 is 23.4 Å². The molecule has 0 fully saturated rings. The van der Waals surface area contributed by atoms with Crippen LogP contribution in [0.5, 0.6) is 0 Å². The van der Waals surface area contributed by atoms with E-state index in [1.54, 1.807) is 26.8 Å². The highest BCUT2D eigenvalue weighted by molar-refractivity contribution is 6.12. The number of methoxy groups -OCH3 is 1. The van der Waals surface area contributed by atoms with Crippen LogP contribution in [-0.4, -0.2) is 35.9 Å². The van der Waals surface area contributed by atoms with Crippen LogP contribution in [0.4, 0.5) is 5.69 Å². The van der Waals surface area contributed by atoms with Crippen LogP contribution in [0.25, 0.3) is 0 Å². The molecule has 33 heavy (non-hydrogen) atoms. The number of ketones is 1. The number of hydrogen-bond acceptors (Lipinski definition) is 8. The van der Waals surface area contributed by atoms with Crippen molar-refractivity contribution < 1.29 is 28.8 Å². The molecule has 9 nitrogen and oxygen atoms in total. The number of nitrogens with zero attached hydrogens (tertiary/aromatic N) is 1.